The molecule has 0 bridgehead atoms. The number of nitrogens with zero attached hydrogens (tertiary/aromatic N) is 4. The summed E-state index contributed by atoms with van der Waals surface area (Å²) in [6.45, 7) is 1.88. The van der Waals surface area contributed by atoms with Crippen LogP contribution in [-0.2, 0) is 13.6 Å². The number of imidazole rings is 1. The fraction of sp³-hybridized carbons (Fsp3) is 0.250. The maximum absolute atomic E-state index is 12.7. The molecule has 0 aliphatic rings. The molecule has 0 amide bonds. The van der Waals surface area contributed by atoms with Gasteiger partial charge in [0.05, 0.1) is 19.9 Å². The molecule has 12 heteroatoms. The van der Waals surface area contributed by atoms with E-state index in [4.69, 9.17) is 9.47 Å². The van der Waals surface area contributed by atoms with E-state index in [2.05, 4.69) is 36.4 Å². The van der Waals surface area contributed by atoms with Crippen LogP contribution in [0.3, 0.4) is 0 Å². The lowest BCUT2D eigenvalue weighted by molar-refractivity contribution is 0.0938. The molecule has 4 aromatic rings. The molecular weight excluding hydrogens is 532 g/mol. The van der Waals surface area contributed by atoms with Crippen molar-refractivity contribution >= 4 is 39.3 Å². The SMILES string of the molecule is COc1ccc(Br)cc1C=NNc1nc2c(c(=O)[nH]c(=O)n2C)n1CC(O)COc1cccc(C)c1. The number of hydrogen-bond donors (Lipinski definition) is 3. The molecule has 0 saturated carbocycles. The van der Waals surface area contributed by atoms with Gasteiger partial charge >= 0.3 is 5.69 Å². The number of rotatable bonds is 9. The molecule has 1 atom stereocenters. The van der Waals surface area contributed by atoms with Crippen LogP contribution in [0, 0.1) is 6.92 Å². The van der Waals surface area contributed by atoms with E-state index in [1.54, 1.807) is 19.2 Å². The predicted octanol–water partition coefficient (Wildman–Crippen LogP) is 2.39. The number of aromatic amines is 1. The minimum absolute atomic E-state index is 0.0231. The normalized spacial score (nSPS) is 12.2. The number of hydrogen-bond acceptors (Lipinski definition) is 8. The van der Waals surface area contributed by atoms with Gasteiger partial charge in [0.1, 0.15) is 24.2 Å². The lowest BCUT2D eigenvalue weighted by atomic mass is 10.2. The van der Waals surface area contributed by atoms with Gasteiger partial charge < -0.3 is 19.1 Å². The van der Waals surface area contributed by atoms with E-state index in [1.165, 1.54) is 22.4 Å². The minimum atomic E-state index is -0.991. The number of aryl methyl sites for hydroxylation is 2. The number of aromatic nitrogens is 4. The Labute approximate surface area is 214 Å². The smallest absolute Gasteiger partial charge is 0.329 e. The maximum atomic E-state index is 12.7. The Morgan fingerprint density at radius 3 is 2.83 bits per heavy atom. The summed E-state index contributed by atoms with van der Waals surface area (Å²) in [4.78, 5) is 31.4. The van der Waals surface area contributed by atoms with Crippen LogP contribution in [0.1, 0.15) is 11.1 Å². The zero-order valence-corrected chi connectivity index (χ0v) is 21.4. The number of halogens is 1. The Kier molecular flexibility index (Phi) is 7.55. The van der Waals surface area contributed by atoms with Gasteiger partial charge in [0.15, 0.2) is 11.2 Å². The molecule has 36 heavy (non-hydrogen) atoms. The average Bonchev–Trinajstić information content (AvgIpc) is 3.20. The second-order valence-electron chi connectivity index (χ2n) is 8.07. The fourth-order valence-corrected chi connectivity index (χ4v) is 4.00. The van der Waals surface area contributed by atoms with Crippen molar-refractivity contribution in [2.75, 3.05) is 19.1 Å². The topological polar surface area (TPSA) is 136 Å². The highest BCUT2D eigenvalue weighted by Crippen LogP contribution is 2.22. The number of nitrogens with one attached hydrogen (secondary N) is 2. The maximum Gasteiger partial charge on any atom is 0.329 e. The summed E-state index contributed by atoms with van der Waals surface area (Å²) >= 11 is 3.42. The zero-order chi connectivity index (χ0) is 25.8. The lowest BCUT2D eigenvalue weighted by Crippen LogP contribution is -2.30. The van der Waals surface area contributed by atoms with E-state index >= 15 is 0 Å². The van der Waals surface area contributed by atoms with E-state index in [9.17, 15) is 14.7 Å². The zero-order valence-electron chi connectivity index (χ0n) is 19.9. The van der Waals surface area contributed by atoms with Crippen molar-refractivity contribution in [1.29, 1.82) is 0 Å². The summed E-state index contributed by atoms with van der Waals surface area (Å²) < 4.78 is 14.6. The van der Waals surface area contributed by atoms with Gasteiger partial charge in [0, 0.05) is 17.1 Å². The highest BCUT2D eigenvalue weighted by molar-refractivity contribution is 9.10. The molecule has 0 aliphatic heterocycles. The summed E-state index contributed by atoms with van der Waals surface area (Å²) in [6.07, 6.45) is 0.544. The highest BCUT2D eigenvalue weighted by Gasteiger charge is 2.20. The monoisotopic (exact) mass is 556 g/mol. The second-order valence-corrected chi connectivity index (χ2v) is 8.99. The van der Waals surface area contributed by atoms with Crippen LogP contribution in [0.15, 0.2) is 61.6 Å². The molecular formula is C24H25BrN6O5. The third-order valence-electron chi connectivity index (χ3n) is 5.39. The van der Waals surface area contributed by atoms with Gasteiger partial charge in [-0.05, 0) is 42.8 Å². The molecule has 0 fully saturated rings. The standard InChI is InChI=1S/C24H25BrN6O5/c1-14-5-4-6-18(9-14)36-13-17(32)12-31-20-21(30(2)24(34)28-22(20)33)27-23(31)29-26-11-15-10-16(25)7-8-19(15)35-3/h4-11,17,32H,12-13H2,1-3H3,(H,27,29)(H,28,33,34). The molecule has 0 saturated heterocycles. The number of H-pyrrole nitrogens is 1. The largest absolute Gasteiger partial charge is 0.496 e. The highest BCUT2D eigenvalue weighted by atomic mass is 79.9. The molecule has 0 radical (unpaired) electrons. The number of methoxy groups -OCH3 is 1. The first kappa shape index (κ1) is 25.2. The van der Waals surface area contributed by atoms with Crippen LogP contribution in [0.4, 0.5) is 5.95 Å². The Morgan fingerprint density at radius 2 is 2.08 bits per heavy atom. The number of aliphatic hydroxyl groups is 1. The first-order chi connectivity index (χ1) is 17.3. The van der Waals surface area contributed by atoms with Crippen molar-refractivity contribution in [3.63, 3.8) is 0 Å². The first-order valence-electron chi connectivity index (χ1n) is 11.0. The summed E-state index contributed by atoms with van der Waals surface area (Å²) in [7, 11) is 3.05. The van der Waals surface area contributed by atoms with Crippen molar-refractivity contribution in [1.82, 2.24) is 19.1 Å². The Bertz CT molecular complexity index is 1540. The summed E-state index contributed by atoms with van der Waals surface area (Å²) in [6, 6.07) is 12.9. The van der Waals surface area contributed by atoms with Crippen LogP contribution >= 0.6 is 15.9 Å². The Hall–Kier alpha value is -3.90. The van der Waals surface area contributed by atoms with E-state index in [1.807, 2.05) is 37.3 Å². The lowest BCUT2D eigenvalue weighted by Gasteiger charge is -2.15. The van der Waals surface area contributed by atoms with Crippen molar-refractivity contribution in [2.24, 2.45) is 12.1 Å². The van der Waals surface area contributed by atoms with Crippen LogP contribution < -0.4 is 26.1 Å². The third-order valence-corrected chi connectivity index (χ3v) is 5.89. The Morgan fingerprint density at radius 1 is 1.28 bits per heavy atom. The van der Waals surface area contributed by atoms with Gasteiger partial charge in [-0.3, -0.25) is 14.3 Å². The first-order valence-corrected chi connectivity index (χ1v) is 11.8. The van der Waals surface area contributed by atoms with Gasteiger partial charge in [0.2, 0.25) is 5.95 Å². The van der Waals surface area contributed by atoms with Gasteiger partial charge in [-0.25, -0.2) is 10.2 Å². The molecule has 2 aromatic heterocycles. The van der Waals surface area contributed by atoms with Gasteiger partial charge in [-0.15, -0.1) is 0 Å². The number of anilines is 1. The fourth-order valence-electron chi connectivity index (χ4n) is 3.62. The minimum Gasteiger partial charge on any atom is -0.496 e. The number of hydrazone groups is 1. The number of aliphatic hydroxyl groups excluding tert-OH is 1. The van der Waals surface area contributed by atoms with Crippen LogP contribution in [0.5, 0.6) is 11.5 Å². The molecule has 0 spiro atoms. The predicted molar refractivity (Wildman–Crippen MR) is 140 cm³/mol. The van der Waals surface area contributed by atoms with Gasteiger partial charge in [-0.2, -0.15) is 10.1 Å². The molecule has 0 aliphatic carbocycles. The van der Waals surface area contributed by atoms with E-state index in [-0.39, 0.29) is 30.3 Å². The van der Waals surface area contributed by atoms with E-state index in [0.29, 0.717) is 17.1 Å². The van der Waals surface area contributed by atoms with Crippen molar-refractivity contribution < 1.29 is 14.6 Å². The second kappa shape index (κ2) is 10.8. The summed E-state index contributed by atoms with van der Waals surface area (Å²) in [5.74, 6) is 1.40. The average molecular weight is 557 g/mol. The molecule has 2 aromatic carbocycles. The van der Waals surface area contributed by atoms with Crippen molar-refractivity contribution in [3.8, 4) is 11.5 Å². The van der Waals surface area contributed by atoms with E-state index < -0.39 is 17.4 Å². The number of ether oxygens (including phenoxy) is 2. The van der Waals surface area contributed by atoms with Crippen LogP contribution in [0.2, 0.25) is 0 Å². The summed E-state index contributed by atoms with van der Waals surface area (Å²) in [5, 5.41) is 14.9. The summed E-state index contributed by atoms with van der Waals surface area (Å²) in [5.41, 5.74) is 3.57. The number of benzene rings is 2. The van der Waals surface area contributed by atoms with Crippen LogP contribution in [0.25, 0.3) is 11.2 Å². The quantitative estimate of drug-likeness (QED) is 0.212. The van der Waals surface area contributed by atoms with Gasteiger partial charge in [-0.1, -0.05) is 28.1 Å². The van der Waals surface area contributed by atoms with Crippen molar-refractivity contribution in [3.05, 3.63) is 78.9 Å². The van der Waals surface area contributed by atoms with E-state index in [0.717, 1.165) is 10.0 Å². The molecule has 1 unspecified atom stereocenters. The van der Waals surface area contributed by atoms with Gasteiger partial charge in [0.25, 0.3) is 5.56 Å². The Balaban J connectivity index is 1.64. The molecule has 4 rings (SSSR count). The third kappa shape index (κ3) is 5.50. The molecule has 3 N–H and O–H groups in total. The number of fused-ring (bicyclic) bond motifs is 1. The molecule has 11 nitrogen and oxygen atoms in total. The van der Waals surface area contributed by atoms with Crippen molar-refractivity contribution in [2.45, 2.75) is 19.6 Å². The molecule has 188 valence electrons. The van der Waals surface area contributed by atoms with Crippen LogP contribution in [-0.4, -0.2) is 50.2 Å². The molecule has 2 heterocycles.